The fourth-order valence-corrected chi connectivity index (χ4v) is 2.16. The molecule has 2 aromatic heterocycles. The van der Waals surface area contributed by atoms with Crippen molar-refractivity contribution in [3.05, 3.63) is 64.5 Å². The summed E-state index contributed by atoms with van der Waals surface area (Å²) in [6.07, 6.45) is 1.50. The van der Waals surface area contributed by atoms with Crippen molar-refractivity contribution in [3.8, 4) is 0 Å². The Bertz CT molecular complexity index is 813. The Balaban J connectivity index is 1.66. The van der Waals surface area contributed by atoms with E-state index in [4.69, 9.17) is 4.52 Å². The van der Waals surface area contributed by atoms with Gasteiger partial charge in [-0.15, -0.1) is 0 Å². The van der Waals surface area contributed by atoms with Gasteiger partial charge in [-0.3, -0.25) is 4.79 Å². The van der Waals surface area contributed by atoms with Crippen molar-refractivity contribution in [1.29, 1.82) is 0 Å². The SMILES string of the molecule is Cc1cc(NC(=O)c2ccc(Nc3ccc(Br)cc3)nc2)no1. The molecule has 0 aliphatic heterocycles. The van der Waals surface area contributed by atoms with Gasteiger partial charge < -0.3 is 15.2 Å². The summed E-state index contributed by atoms with van der Waals surface area (Å²) >= 11 is 3.39. The number of amides is 1. The number of benzene rings is 1. The summed E-state index contributed by atoms with van der Waals surface area (Å²) in [5.74, 6) is 1.37. The minimum absolute atomic E-state index is 0.291. The molecular formula is C16H13BrN4O2. The average molecular weight is 373 g/mol. The molecule has 23 heavy (non-hydrogen) atoms. The molecule has 0 radical (unpaired) electrons. The molecule has 0 fully saturated rings. The number of rotatable bonds is 4. The van der Waals surface area contributed by atoms with E-state index in [2.05, 4.69) is 36.7 Å². The monoisotopic (exact) mass is 372 g/mol. The minimum atomic E-state index is -0.291. The van der Waals surface area contributed by atoms with E-state index in [1.807, 2.05) is 24.3 Å². The number of nitrogens with zero attached hydrogens (tertiary/aromatic N) is 2. The lowest BCUT2D eigenvalue weighted by Crippen LogP contribution is -2.12. The van der Waals surface area contributed by atoms with E-state index in [1.54, 1.807) is 25.1 Å². The van der Waals surface area contributed by atoms with Crippen LogP contribution in [-0.2, 0) is 0 Å². The summed E-state index contributed by atoms with van der Waals surface area (Å²) in [7, 11) is 0. The number of carbonyl (C=O) groups excluding carboxylic acids is 1. The average Bonchev–Trinajstić information content (AvgIpc) is 2.95. The van der Waals surface area contributed by atoms with Crippen molar-refractivity contribution in [2.24, 2.45) is 0 Å². The summed E-state index contributed by atoms with van der Waals surface area (Å²) in [5, 5.41) is 9.52. The van der Waals surface area contributed by atoms with Gasteiger partial charge in [-0.2, -0.15) is 0 Å². The van der Waals surface area contributed by atoms with Crippen LogP contribution >= 0.6 is 15.9 Å². The Labute approximate surface area is 141 Å². The number of hydrogen-bond donors (Lipinski definition) is 2. The molecule has 3 rings (SSSR count). The zero-order valence-corrected chi connectivity index (χ0v) is 13.8. The van der Waals surface area contributed by atoms with Gasteiger partial charge in [0.15, 0.2) is 5.82 Å². The number of aromatic nitrogens is 2. The first kappa shape index (κ1) is 15.2. The third-order valence-corrected chi connectivity index (χ3v) is 3.54. The molecule has 116 valence electrons. The lowest BCUT2D eigenvalue weighted by Gasteiger charge is -2.06. The topological polar surface area (TPSA) is 80.0 Å². The van der Waals surface area contributed by atoms with Crippen molar-refractivity contribution in [2.45, 2.75) is 6.92 Å². The number of nitrogens with one attached hydrogen (secondary N) is 2. The Hall–Kier alpha value is -2.67. The molecule has 0 bridgehead atoms. The maximum atomic E-state index is 12.1. The van der Waals surface area contributed by atoms with Crippen LogP contribution < -0.4 is 10.6 Å². The third kappa shape index (κ3) is 3.95. The first-order chi connectivity index (χ1) is 11.1. The quantitative estimate of drug-likeness (QED) is 0.719. The number of aryl methyl sites for hydroxylation is 1. The molecule has 0 saturated heterocycles. The van der Waals surface area contributed by atoms with Gasteiger partial charge in [-0.1, -0.05) is 21.1 Å². The standard InChI is InChI=1S/C16H13BrN4O2/c1-10-8-15(21-23-10)20-16(22)11-2-7-14(18-9-11)19-13-5-3-12(17)4-6-13/h2-9H,1H3,(H,18,19)(H,20,21,22). The zero-order chi connectivity index (χ0) is 16.2. The molecule has 0 unspecified atom stereocenters. The van der Waals surface area contributed by atoms with E-state index in [9.17, 15) is 4.79 Å². The van der Waals surface area contributed by atoms with E-state index in [0.29, 0.717) is 23.0 Å². The lowest BCUT2D eigenvalue weighted by atomic mass is 10.2. The highest BCUT2D eigenvalue weighted by atomic mass is 79.9. The van der Waals surface area contributed by atoms with Crippen molar-refractivity contribution in [1.82, 2.24) is 10.1 Å². The van der Waals surface area contributed by atoms with Crippen molar-refractivity contribution in [2.75, 3.05) is 10.6 Å². The van der Waals surface area contributed by atoms with Crippen LogP contribution in [0.1, 0.15) is 16.1 Å². The predicted molar refractivity (Wildman–Crippen MR) is 90.9 cm³/mol. The molecule has 3 aromatic rings. The maximum absolute atomic E-state index is 12.1. The van der Waals surface area contributed by atoms with Gasteiger partial charge >= 0.3 is 0 Å². The molecule has 2 heterocycles. The second-order valence-electron chi connectivity index (χ2n) is 4.84. The maximum Gasteiger partial charge on any atom is 0.258 e. The molecule has 2 N–H and O–H groups in total. The van der Waals surface area contributed by atoms with Gasteiger partial charge in [0.1, 0.15) is 11.6 Å². The molecule has 0 saturated carbocycles. The van der Waals surface area contributed by atoms with Crippen LogP contribution in [0.25, 0.3) is 0 Å². The van der Waals surface area contributed by atoms with Crippen LogP contribution in [0.2, 0.25) is 0 Å². The first-order valence-corrected chi connectivity index (χ1v) is 7.63. The van der Waals surface area contributed by atoms with Gasteiger partial charge in [-0.05, 0) is 43.3 Å². The van der Waals surface area contributed by atoms with Crippen LogP contribution in [0.5, 0.6) is 0 Å². The third-order valence-electron chi connectivity index (χ3n) is 3.01. The van der Waals surface area contributed by atoms with Gasteiger partial charge in [0.2, 0.25) is 0 Å². The zero-order valence-electron chi connectivity index (χ0n) is 12.2. The summed E-state index contributed by atoms with van der Waals surface area (Å²) in [4.78, 5) is 16.3. The summed E-state index contributed by atoms with van der Waals surface area (Å²) in [5.41, 5.74) is 1.35. The van der Waals surface area contributed by atoms with E-state index in [0.717, 1.165) is 10.2 Å². The van der Waals surface area contributed by atoms with E-state index in [-0.39, 0.29) is 5.91 Å². The number of pyridine rings is 1. The van der Waals surface area contributed by atoms with Crippen LogP contribution in [0.4, 0.5) is 17.3 Å². The molecule has 0 spiro atoms. The highest BCUT2D eigenvalue weighted by Crippen LogP contribution is 2.18. The molecule has 6 nitrogen and oxygen atoms in total. The number of hydrogen-bond acceptors (Lipinski definition) is 5. The Morgan fingerprint density at radius 3 is 2.52 bits per heavy atom. The van der Waals surface area contributed by atoms with Crippen LogP contribution in [0.15, 0.2) is 57.7 Å². The molecule has 0 aliphatic rings. The van der Waals surface area contributed by atoms with E-state index >= 15 is 0 Å². The van der Waals surface area contributed by atoms with E-state index < -0.39 is 0 Å². The van der Waals surface area contributed by atoms with E-state index in [1.165, 1.54) is 6.20 Å². The van der Waals surface area contributed by atoms with Gasteiger partial charge in [-0.25, -0.2) is 4.98 Å². The molecule has 1 aromatic carbocycles. The van der Waals surface area contributed by atoms with Crippen molar-refractivity contribution >= 4 is 39.2 Å². The second kappa shape index (κ2) is 6.62. The molecule has 0 aliphatic carbocycles. The van der Waals surface area contributed by atoms with Crippen molar-refractivity contribution < 1.29 is 9.32 Å². The number of anilines is 3. The highest BCUT2D eigenvalue weighted by molar-refractivity contribution is 9.10. The fourth-order valence-electron chi connectivity index (χ4n) is 1.90. The largest absolute Gasteiger partial charge is 0.360 e. The molecule has 0 atom stereocenters. The minimum Gasteiger partial charge on any atom is -0.360 e. The summed E-state index contributed by atoms with van der Waals surface area (Å²) < 4.78 is 5.91. The fraction of sp³-hybridized carbons (Fsp3) is 0.0625. The Morgan fingerprint density at radius 1 is 1.13 bits per heavy atom. The normalized spacial score (nSPS) is 10.3. The van der Waals surface area contributed by atoms with Gasteiger partial charge in [0.05, 0.1) is 5.56 Å². The smallest absolute Gasteiger partial charge is 0.258 e. The lowest BCUT2D eigenvalue weighted by molar-refractivity contribution is 0.102. The van der Waals surface area contributed by atoms with Crippen LogP contribution in [-0.4, -0.2) is 16.0 Å². The second-order valence-corrected chi connectivity index (χ2v) is 5.76. The van der Waals surface area contributed by atoms with Crippen LogP contribution in [0.3, 0.4) is 0 Å². The van der Waals surface area contributed by atoms with Crippen LogP contribution in [0, 0.1) is 6.92 Å². The summed E-state index contributed by atoms with van der Waals surface area (Å²) in [6, 6.07) is 12.8. The molecule has 7 heteroatoms. The Kier molecular flexibility index (Phi) is 4.38. The van der Waals surface area contributed by atoms with Gasteiger partial charge in [0, 0.05) is 22.4 Å². The first-order valence-electron chi connectivity index (χ1n) is 6.83. The highest BCUT2D eigenvalue weighted by Gasteiger charge is 2.09. The predicted octanol–water partition coefficient (Wildman–Crippen LogP) is 4.14. The molecule has 1 amide bonds. The van der Waals surface area contributed by atoms with Gasteiger partial charge in [0.25, 0.3) is 5.91 Å². The number of halogens is 1. The Morgan fingerprint density at radius 2 is 1.91 bits per heavy atom. The number of carbonyl (C=O) groups is 1. The molecular weight excluding hydrogens is 360 g/mol. The van der Waals surface area contributed by atoms with Crippen molar-refractivity contribution in [3.63, 3.8) is 0 Å². The summed E-state index contributed by atoms with van der Waals surface area (Å²) in [6.45, 7) is 1.76.